The summed E-state index contributed by atoms with van der Waals surface area (Å²) in [5.41, 5.74) is -3.98. The predicted molar refractivity (Wildman–Crippen MR) is 186 cm³/mol. The quantitative estimate of drug-likeness (QED) is 0.0617. The van der Waals surface area contributed by atoms with Gasteiger partial charge in [-0.05, 0) is 61.0 Å². The second-order valence-corrected chi connectivity index (χ2v) is 12.7. The number of anilines is 1. The molecular formula is C37H35F5N2O9S. The molecular weight excluding hydrogens is 743 g/mol. The van der Waals surface area contributed by atoms with E-state index in [4.69, 9.17) is 18.9 Å². The Morgan fingerprint density at radius 3 is 2.19 bits per heavy atom. The zero-order valence-electron chi connectivity index (χ0n) is 29.5. The van der Waals surface area contributed by atoms with Crippen LogP contribution in [0.5, 0.6) is 5.75 Å². The van der Waals surface area contributed by atoms with E-state index in [0.29, 0.717) is 11.6 Å². The number of hydrogen-bond donors (Lipinski definition) is 2. The lowest BCUT2D eigenvalue weighted by atomic mass is 9.86. The van der Waals surface area contributed by atoms with Crippen LogP contribution in [0.25, 0.3) is 11.1 Å². The number of carbonyl (C=O) groups is 4. The minimum Gasteiger partial charge on any atom is -0.465 e. The van der Waals surface area contributed by atoms with Gasteiger partial charge in [0.2, 0.25) is 5.75 Å². The number of rotatable bonds is 13. The average Bonchev–Trinajstić information content (AvgIpc) is 3.65. The van der Waals surface area contributed by atoms with Crippen molar-refractivity contribution < 1.29 is 65.2 Å². The lowest BCUT2D eigenvalue weighted by molar-refractivity contribution is -0.187. The third-order valence-corrected chi connectivity index (χ3v) is 9.06. The molecule has 0 aliphatic rings. The van der Waals surface area contributed by atoms with E-state index in [9.17, 15) is 37.5 Å². The Morgan fingerprint density at radius 1 is 0.926 bits per heavy atom. The molecule has 3 aromatic carbocycles. The van der Waals surface area contributed by atoms with Crippen molar-refractivity contribution in [2.45, 2.75) is 38.7 Å². The number of nitrogens with zero attached hydrogens (tertiary/aromatic N) is 1. The molecule has 1 aromatic heterocycles. The van der Waals surface area contributed by atoms with Gasteiger partial charge in [-0.15, -0.1) is 11.3 Å². The van der Waals surface area contributed by atoms with Crippen molar-refractivity contribution in [1.29, 1.82) is 0 Å². The SMILES string of the molecule is CCOC(=O)C(COC(=O)Oc1c(F)cc(NC(=O)c2c(C)cccc2-c2ccc(C(F)(F)F)cc2)c(C(=O)N(C)C)c1F)(c1cccs1)C(O)OCC. The van der Waals surface area contributed by atoms with Gasteiger partial charge in [0.1, 0.15) is 12.2 Å². The highest BCUT2D eigenvalue weighted by Gasteiger charge is 2.52. The van der Waals surface area contributed by atoms with E-state index in [-0.39, 0.29) is 34.8 Å². The summed E-state index contributed by atoms with van der Waals surface area (Å²) in [5, 5.41) is 14.8. The standard InChI is InChI=1S/C37H35F5N2O9S/c1-6-50-33(47)36(34(48)51-7-2,26-12-9-17-54-26)19-52-35(49)53-30-24(38)18-25(28(29(30)39)32(46)44(4)5)43-31(45)27-20(3)10-8-11-23(27)21-13-15-22(16-14-21)37(40,41)42/h8-18,33,47H,6-7,19H2,1-5H3,(H,43,45). The van der Waals surface area contributed by atoms with Crippen LogP contribution < -0.4 is 10.1 Å². The fraction of sp³-hybridized carbons (Fsp3) is 0.297. The molecule has 4 rings (SSSR count). The number of amides is 2. The Bertz CT molecular complexity index is 2000. The first-order valence-corrected chi connectivity index (χ1v) is 17.0. The topological polar surface area (TPSA) is 141 Å². The maximum atomic E-state index is 16.1. The van der Waals surface area contributed by atoms with Gasteiger partial charge < -0.3 is 34.3 Å². The second-order valence-electron chi connectivity index (χ2n) is 11.8. The predicted octanol–water partition coefficient (Wildman–Crippen LogP) is 7.35. The van der Waals surface area contributed by atoms with E-state index < -0.39 is 82.6 Å². The summed E-state index contributed by atoms with van der Waals surface area (Å²) < 4.78 is 91.7. The molecule has 0 saturated heterocycles. The number of ether oxygens (including phenoxy) is 4. The van der Waals surface area contributed by atoms with Crippen LogP contribution in [-0.2, 0) is 30.6 Å². The summed E-state index contributed by atoms with van der Waals surface area (Å²) in [4.78, 5) is 54.2. The molecule has 54 heavy (non-hydrogen) atoms. The number of halogens is 5. The highest BCUT2D eigenvalue weighted by atomic mass is 32.1. The minimum absolute atomic E-state index is 0.0691. The van der Waals surface area contributed by atoms with Crippen molar-refractivity contribution in [2.75, 3.05) is 39.2 Å². The second kappa shape index (κ2) is 17.2. The molecule has 2 amide bonds. The van der Waals surface area contributed by atoms with Crippen molar-refractivity contribution in [3.63, 3.8) is 0 Å². The first-order valence-electron chi connectivity index (χ1n) is 16.2. The Hall–Kier alpha value is -5.39. The maximum absolute atomic E-state index is 16.1. The number of nitrogens with one attached hydrogen (secondary N) is 1. The number of aliphatic hydroxyl groups is 1. The van der Waals surface area contributed by atoms with Gasteiger partial charge in [-0.2, -0.15) is 13.2 Å². The van der Waals surface area contributed by atoms with E-state index in [1.54, 1.807) is 17.5 Å². The number of hydrogen-bond acceptors (Lipinski definition) is 10. The normalized spacial score (nSPS) is 13.0. The van der Waals surface area contributed by atoms with Crippen LogP contribution in [-0.4, -0.2) is 74.2 Å². The first kappa shape index (κ1) is 41.4. The van der Waals surface area contributed by atoms with E-state index in [2.05, 4.69) is 5.32 Å². The van der Waals surface area contributed by atoms with E-state index in [1.807, 2.05) is 0 Å². The fourth-order valence-electron chi connectivity index (χ4n) is 5.36. The minimum atomic E-state index is -4.61. The van der Waals surface area contributed by atoms with Gasteiger partial charge in [0.15, 0.2) is 23.3 Å². The number of benzene rings is 3. The largest absolute Gasteiger partial charge is 0.514 e. The Kier molecular flexibility index (Phi) is 13.2. The Morgan fingerprint density at radius 2 is 1.61 bits per heavy atom. The number of carbonyl (C=O) groups excluding carboxylic acids is 4. The molecule has 4 aromatic rings. The molecule has 0 spiro atoms. The Labute approximate surface area is 310 Å². The van der Waals surface area contributed by atoms with Crippen LogP contribution in [0, 0.1) is 18.6 Å². The average molecular weight is 779 g/mol. The molecule has 17 heteroatoms. The van der Waals surface area contributed by atoms with Gasteiger partial charge in [-0.1, -0.05) is 36.4 Å². The number of alkyl halides is 3. The monoisotopic (exact) mass is 778 g/mol. The molecule has 11 nitrogen and oxygen atoms in total. The highest BCUT2D eigenvalue weighted by Crippen LogP contribution is 2.37. The molecule has 1 heterocycles. The molecule has 2 unspecified atom stereocenters. The summed E-state index contributed by atoms with van der Waals surface area (Å²) in [5.74, 6) is -7.77. The number of aryl methyl sites for hydroxylation is 1. The summed E-state index contributed by atoms with van der Waals surface area (Å²) in [6, 6.07) is 12.1. The molecule has 0 fully saturated rings. The van der Waals surface area contributed by atoms with Crippen LogP contribution >= 0.6 is 11.3 Å². The summed E-state index contributed by atoms with van der Waals surface area (Å²) in [7, 11) is 2.47. The zero-order chi connectivity index (χ0) is 40.0. The molecule has 0 radical (unpaired) electrons. The summed E-state index contributed by atoms with van der Waals surface area (Å²) in [6.45, 7) is 3.40. The number of thiophene rings is 1. The van der Waals surface area contributed by atoms with E-state index in [1.165, 1.54) is 53.1 Å². The molecule has 0 aliphatic carbocycles. The third kappa shape index (κ3) is 8.69. The van der Waals surface area contributed by atoms with Gasteiger partial charge in [0.05, 0.1) is 23.4 Å². The highest BCUT2D eigenvalue weighted by molar-refractivity contribution is 7.10. The van der Waals surface area contributed by atoms with Crippen molar-refractivity contribution in [3.05, 3.63) is 105 Å². The van der Waals surface area contributed by atoms with Crippen LogP contribution in [0.3, 0.4) is 0 Å². The van der Waals surface area contributed by atoms with E-state index in [0.717, 1.165) is 40.5 Å². The fourth-order valence-corrected chi connectivity index (χ4v) is 6.28. The number of aliphatic hydroxyl groups excluding tert-OH is 1. The molecule has 2 N–H and O–H groups in total. The van der Waals surface area contributed by atoms with Crippen LogP contribution in [0.4, 0.5) is 32.4 Å². The van der Waals surface area contributed by atoms with Gasteiger partial charge >= 0.3 is 18.3 Å². The Balaban J connectivity index is 1.69. The lowest BCUT2D eigenvalue weighted by Gasteiger charge is -2.33. The van der Waals surface area contributed by atoms with Crippen molar-refractivity contribution in [1.82, 2.24) is 4.90 Å². The maximum Gasteiger partial charge on any atom is 0.514 e. The smallest absolute Gasteiger partial charge is 0.465 e. The lowest BCUT2D eigenvalue weighted by Crippen LogP contribution is -2.52. The van der Waals surface area contributed by atoms with Gasteiger partial charge in [0.25, 0.3) is 11.8 Å². The third-order valence-electron chi connectivity index (χ3n) is 8.02. The van der Waals surface area contributed by atoms with Crippen molar-refractivity contribution in [3.8, 4) is 16.9 Å². The van der Waals surface area contributed by atoms with Gasteiger partial charge in [-0.3, -0.25) is 14.4 Å². The van der Waals surface area contributed by atoms with Crippen LogP contribution in [0.2, 0.25) is 0 Å². The zero-order valence-corrected chi connectivity index (χ0v) is 30.3. The van der Waals surface area contributed by atoms with Crippen molar-refractivity contribution >= 4 is 41.0 Å². The molecule has 2 atom stereocenters. The first-order chi connectivity index (χ1) is 25.5. The molecule has 0 saturated carbocycles. The van der Waals surface area contributed by atoms with Crippen LogP contribution in [0.1, 0.15) is 50.6 Å². The summed E-state index contributed by atoms with van der Waals surface area (Å²) in [6.07, 6.45) is -8.25. The van der Waals surface area contributed by atoms with E-state index >= 15 is 8.78 Å². The number of esters is 1. The van der Waals surface area contributed by atoms with Gasteiger partial charge in [-0.25, -0.2) is 13.6 Å². The molecule has 288 valence electrons. The van der Waals surface area contributed by atoms with Crippen molar-refractivity contribution in [2.24, 2.45) is 0 Å². The summed E-state index contributed by atoms with van der Waals surface area (Å²) >= 11 is 1.00. The molecule has 0 aliphatic heterocycles. The van der Waals surface area contributed by atoms with Crippen LogP contribution in [0.15, 0.2) is 66.0 Å². The molecule has 0 bridgehead atoms. The van der Waals surface area contributed by atoms with Gasteiger partial charge in [0, 0.05) is 31.6 Å².